The van der Waals surface area contributed by atoms with Gasteiger partial charge in [-0.3, -0.25) is 0 Å². The fourth-order valence-electron chi connectivity index (χ4n) is 3.71. The summed E-state index contributed by atoms with van der Waals surface area (Å²) in [6, 6.07) is 32.7. The molecule has 0 unspecified atom stereocenters. The Morgan fingerprint density at radius 1 is 0.536 bits per heavy atom. The highest BCUT2D eigenvalue weighted by molar-refractivity contribution is 6.00. The van der Waals surface area contributed by atoms with Crippen molar-refractivity contribution in [2.24, 2.45) is 0 Å². The molecule has 1 aliphatic heterocycles. The average Bonchev–Trinajstić information content (AvgIpc) is 2.91. The van der Waals surface area contributed by atoms with E-state index in [0.29, 0.717) is 0 Å². The van der Waals surface area contributed by atoms with E-state index in [1.165, 1.54) is 0 Å². The second kappa shape index (κ2) is 6.75. The first-order valence-electron chi connectivity index (χ1n) is 9.33. The van der Waals surface area contributed by atoms with E-state index in [-0.39, 0.29) is 0 Å². The molecule has 2 heteroatoms. The van der Waals surface area contributed by atoms with Crippen LogP contribution < -0.4 is 10.5 Å². The summed E-state index contributed by atoms with van der Waals surface area (Å²) in [5.41, 5.74) is 13.8. The van der Waals surface area contributed by atoms with Gasteiger partial charge < -0.3 is 10.5 Å². The van der Waals surface area contributed by atoms with Gasteiger partial charge in [-0.25, -0.2) is 0 Å². The molecular weight excluding hydrogens is 342 g/mol. The zero-order valence-corrected chi connectivity index (χ0v) is 15.3. The number of nitrogen functional groups attached to an aromatic ring is 1. The Bertz CT molecular complexity index is 1190. The van der Waals surface area contributed by atoms with Gasteiger partial charge in [-0.1, -0.05) is 84.9 Å². The van der Waals surface area contributed by atoms with Gasteiger partial charge in [0.15, 0.2) is 0 Å². The molecule has 0 aromatic heterocycles. The number of benzene rings is 4. The monoisotopic (exact) mass is 361 g/mol. The molecule has 2 N–H and O–H groups in total. The van der Waals surface area contributed by atoms with E-state index in [1.54, 1.807) is 0 Å². The smallest absolute Gasteiger partial charge is 0.135 e. The van der Waals surface area contributed by atoms with Crippen molar-refractivity contribution in [3.63, 3.8) is 0 Å². The summed E-state index contributed by atoms with van der Waals surface area (Å²) >= 11 is 0. The zero-order chi connectivity index (χ0) is 18.9. The predicted octanol–water partition coefficient (Wildman–Crippen LogP) is 6.63. The lowest BCUT2D eigenvalue weighted by molar-refractivity contribution is 0.481. The highest BCUT2D eigenvalue weighted by Gasteiger charge is 2.20. The summed E-state index contributed by atoms with van der Waals surface area (Å²) in [4.78, 5) is 0. The van der Waals surface area contributed by atoms with Crippen LogP contribution in [-0.4, -0.2) is 0 Å². The molecule has 0 atom stereocenters. The third-order valence-electron chi connectivity index (χ3n) is 5.10. The van der Waals surface area contributed by atoms with Gasteiger partial charge in [0.25, 0.3) is 0 Å². The predicted molar refractivity (Wildman–Crippen MR) is 116 cm³/mol. The van der Waals surface area contributed by atoms with E-state index < -0.39 is 0 Å². The zero-order valence-electron chi connectivity index (χ0n) is 15.3. The fourth-order valence-corrected chi connectivity index (χ4v) is 3.71. The van der Waals surface area contributed by atoms with E-state index in [0.717, 1.165) is 50.6 Å². The fraction of sp³-hybridized carbons (Fsp3) is 0. The lowest BCUT2D eigenvalue weighted by Gasteiger charge is -2.15. The standard InChI is InChI=1S/C26H19NO/c27-26-20(18-9-2-1-3-10-18)13-8-14-22(26)23-17-19-11-4-6-15-24(19)28-25-16-7-5-12-21(23)25/h1-17H,27H2. The van der Waals surface area contributed by atoms with E-state index >= 15 is 0 Å². The lowest BCUT2D eigenvalue weighted by atomic mass is 9.91. The number of nitrogens with two attached hydrogens (primary N) is 1. The molecule has 1 aliphatic rings. The maximum Gasteiger partial charge on any atom is 0.135 e. The van der Waals surface area contributed by atoms with Gasteiger partial charge in [0, 0.05) is 27.9 Å². The number of hydrogen-bond donors (Lipinski definition) is 1. The summed E-state index contributed by atoms with van der Waals surface area (Å²) in [6.07, 6.45) is 2.17. The first-order chi connectivity index (χ1) is 13.8. The van der Waals surface area contributed by atoms with Crippen LogP contribution in [0, 0.1) is 0 Å². The number of para-hydroxylation sites is 3. The molecule has 0 radical (unpaired) electrons. The van der Waals surface area contributed by atoms with Crippen LogP contribution in [0.5, 0.6) is 11.5 Å². The minimum absolute atomic E-state index is 0.772. The van der Waals surface area contributed by atoms with E-state index in [9.17, 15) is 0 Å². The number of rotatable bonds is 2. The molecule has 4 aromatic rings. The molecular formula is C26H19NO. The van der Waals surface area contributed by atoms with Gasteiger partial charge in [0.2, 0.25) is 0 Å². The van der Waals surface area contributed by atoms with Crippen molar-refractivity contribution >= 4 is 17.3 Å². The minimum atomic E-state index is 0.772. The van der Waals surface area contributed by atoms with Gasteiger partial charge in [0.05, 0.1) is 0 Å². The van der Waals surface area contributed by atoms with Crippen molar-refractivity contribution in [1.29, 1.82) is 0 Å². The third-order valence-corrected chi connectivity index (χ3v) is 5.10. The van der Waals surface area contributed by atoms with Crippen LogP contribution in [0.25, 0.3) is 22.8 Å². The van der Waals surface area contributed by atoms with E-state index in [1.807, 2.05) is 54.6 Å². The number of anilines is 1. The topological polar surface area (TPSA) is 35.2 Å². The molecule has 28 heavy (non-hydrogen) atoms. The number of hydrogen-bond acceptors (Lipinski definition) is 2. The maximum atomic E-state index is 6.69. The normalized spacial score (nSPS) is 12.2. The molecule has 4 aromatic carbocycles. The van der Waals surface area contributed by atoms with Gasteiger partial charge >= 0.3 is 0 Å². The minimum Gasteiger partial charge on any atom is -0.456 e. The van der Waals surface area contributed by atoms with Crippen molar-refractivity contribution in [2.45, 2.75) is 0 Å². The Hall–Kier alpha value is -3.78. The summed E-state index contributed by atoms with van der Waals surface area (Å²) in [6.45, 7) is 0. The van der Waals surface area contributed by atoms with Gasteiger partial charge in [-0.2, -0.15) is 0 Å². The molecule has 0 saturated heterocycles. The van der Waals surface area contributed by atoms with Gasteiger partial charge in [-0.05, 0) is 29.3 Å². The number of ether oxygens (including phenoxy) is 1. The van der Waals surface area contributed by atoms with Crippen molar-refractivity contribution in [2.75, 3.05) is 5.73 Å². The Labute approximate surface area is 164 Å². The van der Waals surface area contributed by atoms with Gasteiger partial charge in [0.1, 0.15) is 11.5 Å². The summed E-state index contributed by atoms with van der Waals surface area (Å²) in [5.74, 6) is 1.69. The summed E-state index contributed by atoms with van der Waals surface area (Å²) in [7, 11) is 0. The number of fused-ring (bicyclic) bond motifs is 2. The van der Waals surface area contributed by atoms with Crippen LogP contribution in [-0.2, 0) is 0 Å². The van der Waals surface area contributed by atoms with Crippen LogP contribution >= 0.6 is 0 Å². The molecule has 0 fully saturated rings. The summed E-state index contributed by atoms with van der Waals surface area (Å²) < 4.78 is 6.22. The Morgan fingerprint density at radius 3 is 2.04 bits per heavy atom. The van der Waals surface area contributed by atoms with E-state index in [2.05, 4.69) is 48.5 Å². The molecule has 0 bridgehead atoms. The van der Waals surface area contributed by atoms with Crippen molar-refractivity contribution in [3.8, 4) is 22.6 Å². The molecule has 0 saturated carbocycles. The maximum absolute atomic E-state index is 6.69. The second-order valence-electron chi connectivity index (χ2n) is 6.83. The van der Waals surface area contributed by atoms with Crippen LogP contribution in [0.4, 0.5) is 5.69 Å². The molecule has 1 heterocycles. The summed E-state index contributed by atoms with van der Waals surface area (Å²) in [5, 5.41) is 0. The largest absolute Gasteiger partial charge is 0.456 e. The van der Waals surface area contributed by atoms with Crippen molar-refractivity contribution in [1.82, 2.24) is 0 Å². The SMILES string of the molecule is Nc1c(C2=Cc3ccccc3Oc3ccccc32)cccc1-c1ccccc1. The average molecular weight is 361 g/mol. The molecule has 0 spiro atoms. The highest BCUT2D eigenvalue weighted by Crippen LogP contribution is 2.43. The van der Waals surface area contributed by atoms with Crippen LogP contribution in [0.15, 0.2) is 97.1 Å². The highest BCUT2D eigenvalue weighted by atomic mass is 16.5. The van der Waals surface area contributed by atoms with Crippen LogP contribution in [0.2, 0.25) is 0 Å². The molecule has 0 amide bonds. The first kappa shape index (κ1) is 16.4. The van der Waals surface area contributed by atoms with Gasteiger partial charge in [-0.15, -0.1) is 0 Å². The first-order valence-corrected chi connectivity index (χ1v) is 9.33. The van der Waals surface area contributed by atoms with Crippen molar-refractivity contribution in [3.05, 3.63) is 114 Å². The Balaban J connectivity index is 1.76. The molecule has 134 valence electrons. The van der Waals surface area contributed by atoms with Crippen LogP contribution in [0.1, 0.15) is 16.7 Å². The molecule has 0 aliphatic carbocycles. The quantitative estimate of drug-likeness (QED) is 0.358. The van der Waals surface area contributed by atoms with Crippen LogP contribution in [0.3, 0.4) is 0 Å². The lowest BCUT2D eigenvalue weighted by Crippen LogP contribution is -1.98. The third kappa shape index (κ3) is 2.76. The second-order valence-corrected chi connectivity index (χ2v) is 6.83. The molecule has 2 nitrogen and oxygen atoms in total. The molecule has 5 rings (SSSR count). The Kier molecular flexibility index (Phi) is 3.95. The Morgan fingerprint density at radius 2 is 1.18 bits per heavy atom. The van der Waals surface area contributed by atoms with E-state index in [4.69, 9.17) is 10.5 Å². The van der Waals surface area contributed by atoms with Crippen molar-refractivity contribution < 1.29 is 4.74 Å².